The van der Waals surface area contributed by atoms with Crippen molar-refractivity contribution in [3.05, 3.63) is 44.6 Å². The number of nitrogens with zero attached hydrogens (tertiary/aromatic N) is 3. The van der Waals surface area contributed by atoms with Gasteiger partial charge in [0.15, 0.2) is 16.7 Å². The second-order valence-electron chi connectivity index (χ2n) is 8.12. The first-order valence-corrected chi connectivity index (χ1v) is 12.9. The van der Waals surface area contributed by atoms with E-state index in [0.29, 0.717) is 29.7 Å². The molecule has 0 aliphatic heterocycles. The summed E-state index contributed by atoms with van der Waals surface area (Å²) in [5.74, 6) is 1.48. The van der Waals surface area contributed by atoms with Gasteiger partial charge < -0.3 is 14.4 Å². The normalized spacial score (nSPS) is 12.7. The molecule has 0 atom stereocenters. The summed E-state index contributed by atoms with van der Waals surface area (Å²) in [5.41, 5.74) is 2.18. The molecule has 176 valence electrons. The van der Waals surface area contributed by atoms with Crippen LogP contribution in [-0.2, 0) is 30.7 Å². The van der Waals surface area contributed by atoms with Crippen LogP contribution in [0.2, 0.25) is 0 Å². The Labute approximate surface area is 201 Å². The van der Waals surface area contributed by atoms with Crippen LogP contribution in [0.4, 0.5) is 0 Å². The van der Waals surface area contributed by atoms with Crippen molar-refractivity contribution in [2.75, 3.05) is 27.0 Å². The van der Waals surface area contributed by atoms with Gasteiger partial charge in [0.2, 0.25) is 5.91 Å². The number of aromatic nitrogens is 2. The van der Waals surface area contributed by atoms with Gasteiger partial charge in [-0.1, -0.05) is 24.8 Å². The van der Waals surface area contributed by atoms with E-state index in [9.17, 15) is 9.59 Å². The zero-order valence-electron chi connectivity index (χ0n) is 19.5. The summed E-state index contributed by atoms with van der Waals surface area (Å²) < 4.78 is 12.4. The maximum atomic E-state index is 13.3. The monoisotopic (exact) mass is 487 g/mol. The molecule has 0 saturated carbocycles. The highest BCUT2D eigenvalue weighted by Crippen LogP contribution is 2.35. The number of hydrogen-bond donors (Lipinski definition) is 0. The summed E-state index contributed by atoms with van der Waals surface area (Å²) in [6, 6.07) is 5.63. The molecule has 0 spiro atoms. The Morgan fingerprint density at radius 3 is 2.76 bits per heavy atom. The number of aryl methyl sites for hydroxylation is 2. The Balaban J connectivity index is 1.50. The van der Waals surface area contributed by atoms with Crippen molar-refractivity contribution in [2.45, 2.75) is 50.9 Å². The molecular weight excluding hydrogens is 458 g/mol. The second-order valence-corrected chi connectivity index (χ2v) is 10.1. The lowest BCUT2D eigenvalue weighted by molar-refractivity contribution is -0.127. The molecule has 0 unspecified atom stereocenters. The quantitative estimate of drug-likeness (QED) is 0.334. The standard InChI is InChI=1S/C24H29N3O4S2/c1-5-11-27-23(29)21-16-7-6-8-19(16)33-22(21)25-24(27)32-14-20(28)26(2)13-15-9-10-17(30-3)18(12-15)31-4/h9-10,12H,5-8,11,13-14H2,1-4H3. The minimum absolute atomic E-state index is 0.0270. The highest BCUT2D eigenvalue weighted by atomic mass is 32.2. The van der Waals surface area contributed by atoms with Gasteiger partial charge in [0.25, 0.3) is 5.56 Å². The van der Waals surface area contributed by atoms with Gasteiger partial charge in [-0.15, -0.1) is 11.3 Å². The largest absolute Gasteiger partial charge is 0.493 e. The minimum atomic E-state index is -0.0270. The maximum absolute atomic E-state index is 13.3. The first-order valence-electron chi connectivity index (χ1n) is 11.1. The molecule has 9 heteroatoms. The fourth-order valence-electron chi connectivity index (χ4n) is 4.17. The number of thiophene rings is 1. The smallest absolute Gasteiger partial charge is 0.263 e. The van der Waals surface area contributed by atoms with E-state index in [1.165, 1.54) is 22.2 Å². The molecule has 0 fully saturated rings. The van der Waals surface area contributed by atoms with Crippen molar-refractivity contribution in [2.24, 2.45) is 0 Å². The first kappa shape index (κ1) is 23.6. The summed E-state index contributed by atoms with van der Waals surface area (Å²) in [6.07, 6.45) is 3.94. The number of rotatable bonds is 9. The summed E-state index contributed by atoms with van der Waals surface area (Å²) in [7, 11) is 4.96. The van der Waals surface area contributed by atoms with Crippen LogP contribution in [0.1, 0.15) is 35.8 Å². The number of hydrogen-bond acceptors (Lipinski definition) is 7. The molecule has 4 rings (SSSR count). The Hall–Kier alpha value is -2.52. The Morgan fingerprint density at radius 1 is 1.24 bits per heavy atom. The van der Waals surface area contributed by atoms with Gasteiger partial charge in [0.05, 0.1) is 25.4 Å². The van der Waals surface area contributed by atoms with Crippen molar-refractivity contribution in [3.8, 4) is 11.5 Å². The molecule has 2 heterocycles. The fourth-order valence-corrected chi connectivity index (χ4v) is 6.44. The number of thioether (sulfide) groups is 1. The third-order valence-corrected chi connectivity index (χ3v) is 8.00. The average molecular weight is 488 g/mol. The van der Waals surface area contributed by atoms with Crippen LogP contribution >= 0.6 is 23.1 Å². The highest BCUT2D eigenvalue weighted by Gasteiger charge is 2.23. The predicted molar refractivity (Wildman–Crippen MR) is 133 cm³/mol. The van der Waals surface area contributed by atoms with E-state index in [2.05, 4.69) is 0 Å². The van der Waals surface area contributed by atoms with E-state index < -0.39 is 0 Å². The molecule has 1 aromatic carbocycles. The van der Waals surface area contributed by atoms with E-state index in [1.54, 1.807) is 42.1 Å². The maximum Gasteiger partial charge on any atom is 0.263 e. The number of carbonyl (C=O) groups is 1. The zero-order valence-corrected chi connectivity index (χ0v) is 21.1. The lowest BCUT2D eigenvalue weighted by Crippen LogP contribution is -2.29. The predicted octanol–water partition coefficient (Wildman–Crippen LogP) is 4.12. The molecule has 0 N–H and O–H groups in total. The Bertz CT molecular complexity index is 1230. The first-order chi connectivity index (χ1) is 16.0. The van der Waals surface area contributed by atoms with E-state index in [4.69, 9.17) is 14.5 Å². The van der Waals surface area contributed by atoms with Gasteiger partial charge in [-0.05, 0) is 48.9 Å². The molecule has 0 radical (unpaired) electrons. The summed E-state index contributed by atoms with van der Waals surface area (Å²) in [4.78, 5) is 34.8. The fraction of sp³-hybridized carbons (Fsp3) is 0.458. The zero-order chi connectivity index (χ0) is 23.5. The summed E-state index contributed by atoms with van der Waals surface area (Å²) in [6.45, 7) is 3.10. The van der Waals surface area contributed by atoms with Crippen LogP contribution in [0.3, 0.4) is 0 Å². The SMILES string of the molecule is CCCn1c(SCC(=O)N(C)Cc2ccc(OC)c(OC)c2)nc2sc3c(c2c1=O)CCC3. The number of benzene rings is 1. The topological polar surface area (TPSA) is 73.7 Å². The number of amides is 1. The van der Waals surface area contributed by atoms with Crippen LogP contribution in [0.15, 0.2) is 28.2 Å². The van der Waals surface area contributed by atoms with Crippen molar-refractivity contribution in [1.29, 1.82) is 0 Å². The minimum Gasteiger partial charge on any atom is -0.493 e. The Kier molecular flexibility index (Phi) is 7.29. The van der Waals surface area contributed by atoms with Crippen molar-refractivity contribution >= 4 is 39.2 Å². The number of methoxy groups -OCH3 is 2. The van der Waals surface area contributed by atoms with Crippen LogP contribution in [0.5, 0.6) is 11.5 Å². The second kappa shape index (κ2) is 10.2. The molecule has 1 aliphatic rings. The van der Waals surface area contributed by atoms with Crippen LogP contribution in [0.25, 0.3) is 10.2 Å². The molecule has 3 aromatic rings. The van der Waals surface area contributed by atoms with Gasteiger partial charge in [-0.3, -0.25) is 14.2 Å². The molecule has 1 aliphatic carbocycles. The lowest BCUT2D eigenvalue weighted by Gasteiger charge is -2.18. The van der Waals surface area contributed by atoms with Gasteiger partial charge in [-0.2, -0.15) is 0 Å². The van der Waals surface area contributed by atoms with Crippen molar-refractivity contribution < 1.29 is 14.3 Å². The number of ether oxygens (including phenoxy) is 2. The molecule has 7 nitrogen and oxygen atoms in total. The van der Waals surface area contributed by atoms with Gasteiger partial charge >= 0.3 is 0 Å². The van der Waals surface area contributed by atoms with Crippen LogP contribution in [0, 0.1) is 0 Å². The van der Waals surface area contributed by atoms with Gasteiger partial charge in [0.1, 0.15) is 4.83 Å². The molecule has 0 saturated heterocycles. The van der Waals surface area contributed by atoms with Crippen LogP contribution < -0.4 is 15.0 Å². The molecule has 2 aromatic heterocycles. The number of carbonyl (C=O) groups excluding carboxylic acids is 1. The summed E-state index contributed by atoms with van der Waals surface area (Å²) in [5, 5.41) is 1.42. The number of fused-ring (bicyclic) bond motifs is 3. The van der Waals surface area contributed by atoms with Crippen LogP contribution in [-0.4, -0.2) is 47.4 Å². The molecule has 1 amide bonds. The van der Waals surface area contributed by atoms with E-state index in [0.717, 1.165) is 41.5 Å². The lowest BCUT2D eigenvalue weighted by atomic mass is 10.2. The Morgan fingerprint density at radius 2 is 2.03 bits per heavy atom. The average Bonchev–Trinajstić information content (AvgIpc) is 3.40. The van der Waals surface area contributed by atoms with Crippen molar-refractivity contribution in [3.63, 3.8) is 0 Å². The summed E-state index contributed by atoms with van der Waals surface area (Å²) >= 11 is 2.98. The molecular formula is C24H29N3O4S2. The third kappa shape index (κ3) is 4.75. The third-order valence-electron chi connectivity index (χ3n) is 5.86. The van der Waals surface area contributed by atoms with E-state index >= 15 is 0 Å². The van der Waals surface area contributed by atoms with Crippen molar-refractivity contribution in [1.82, 2.24) is 14.5 Å². The van der Waals surface area contributed by atoms with E-state index in [1.807, 2.05) is 25.1 Å². The highest BCUT2D eigenvalue weighted by molar-refractivity contribution is 7.99. The van der Waals surface area contributed by atoms with E-state index in [-0.39, 0.29) is 17.2 Å². The van der Waals surface area contributed by atoms with Gasteiger partial charge in [-0.25, -0.2) is 4.98 Å². The van der Waals surface area contributed by atoms with Gasteiger partial charge in [0, 0.05) is 25.0 Å². The molecule has 0 bridgehead atoms. The molecule has 33 heavy (non-hydrogen) atoms.